The number of nitrogens with zero attached hydrogens (tertiary/aromatic N) is 2. The van der Waals surface area contributed by atoms with E-state index in [9.17, 15) is 5.21 Å². The van der Waals surface area contributed by atoms with Crippen LogP contribution in [-0.2, 0) is 0 Å². The summed E-state index contributed by atoms with van der Waals surface area (Å²) in [5.74, 6) is -0.416. The fraction of sp³-hybridized carbons (Fsp3) is 0. The van der Waals surface area contributed by atoms with Crippen LogP contribution >= 0.6 is 0 Å². The molecule has 1 atom stereocenters. The number of hydroxylamine groups is 1. The Morgan fingerprint density at radius 2 is 2.15 bits per heavy atom. The highest BCUT2D eigenvalue weighted by Crippen LogP contribution is 2.29. The van der Waals surface area contributed by atoms with Gasteiger partial charge in [-0.05, 0) is 11.2 Å². The average Bonchev–Trinajstić information content (AvgIpc) is 2.47. The number of hydrogen-bond acceptors (Lipinski definition) is 3. The quantitative estimate of drug-likeness (QED) is 0.308. The number of para-hydroxylation sites is 1. The van der Waals surface area contributed by atoms with Crippen molar-refractivity contribution in [3.63, 3.8) is 0 Å². The summed E-state index contributed by atoms with van der Waals surface area (Å²) < 4.78 is -0.962. The Balaban J connectivity index is 2.61. The smallest absolute Gasteiger partial charge is 0.333 e. The lowest BCUT2D eigenvalue weighted by molar-refractivity contribution is -0.00289. The van der Waals surface area contributed by atoms with Gasteiger partial charge in [-0.15, -0.1) is 0 Å². The Hall–Kier alpha value is -1.72. The molecule has 0 saturated heterocycles. The number of hydrogen-bond donors (Lipinski definition) is 3. The van der Waals surface area contributed by atoms with Gasteiger partial charge >= 0.3 is 5.96 Å². The second-order valence-corrected chi connectivity index (χ2v) is 2.79. The molecule has 0 amide bonds. The fourth-order valence-corrected chi connectivity index (χ4v) is 1.28. The number of fused-ring (bicyclic) bond motifs is 1. The highest BCUT2D eigenvalue weighted by atomic mass is 16.6. The molecule has 5 heteroatoms. The molecule has 1 heterocycles. The van der Waals surface area contributed by atoms with Crippen LogP contribution in [0.3, 0.4) is 0 Å². The SMILES string of the molecule is N=C(N)[N+]1(O)N=Cc2ccccc21. The zero-order valence-electron chi connectivity index (χ0n) is 6.81. The molecule has 1 aliphatic rings. The maximum Gasteiger partial charge on any atom is 0.359 e. The van der Waals surface area contributed by atoms with Crippen molar-refractivity contribution in [3.8, 4) is 0 Å². The third-order valence-electron chi connectivity index (χ3n) is 1.97. The van der Waals surface area contributed by atoms with E-state index in [-0.39, 0.29) is 0 Å². The lowest BCUT2D eigenvalue weighted by Crippen LogP contribution is -2.49. The van der Waals surface area contributed by atoms with Crippen molar-refractivity contribution in [2.45, 2.75) is 0 Å². The first-order chi connectivity index (χ1) is 6.14. The van der Waals surface area contributed by atoms with E-state index < -0.39 is 10.7 Å². The summed E-state index contributed by atoms with van der Waals surface area (Å²) in [6, 6.07) is 7.09. The van der Waals surface area contributed by atoms with E-state index in [2.05, 4.69) is 5.10 Å². The van der Waals surface area contributed by atoms with E-state index >= 15 is 0 Å². The monoisotopic (exact) mass is 177 g/mol. The largest absolute Gasteiger partial charge is 0.359 e. The second-order valence-electron chi connectivity index (χ2n) is 2.79. The number of nitrogens with one attached hydrogen (secondary N) is 1. The van der Waals surface area contributed by atoms with Crippen LogP contribution in [0.5, 0.6) is 0 Å². The summed E-state index contributed by atoms with van der Waals surface area (Å²) in [7, 11) is 0. The van der Waals surface area contributed by atoms with Crippen LogP contribution in [0.25, 0.3) is 0 Å². The van der Waals surface area contributed by atoms with Gasteiger partial charge < -0.3 is 5.73 Å². The first-order valence-electron chi connectivity index (χ1n) is 3.76. The summed E-state index contributed by atoms with van der Waals surface area (Å²) in [4.78, 5) is 0. The number of quaternary nitrogens is 1. The van der Waals surface area contributed by atoms with Gasteiger partial charge in [0.1, 0.15) is 6.21 Å². The number of guanidine groups is 1. The van der Waals surface area contributed by atoms with Gasteiger partial charge in [0.05, 0.1) is 5.56 Å². The molecule has 66 valence electrons. The average molecular weight is 177 g/mol. The minimum Gasteiger partial charge on any atom is -0.333 e. The van der Waals surface area contributed by atoms with Gasteiger partial charge in [-0.3, -0.25) is 0 Å². The molecule has 0 bridgehead atoms. The maximum atomic E-state index is 9.81. The first-order valence-corrected chi connectivity index (χ1v) is 3.76. The van der Waals surface area contributed by atoms with Crippen LogP contribution in [0, 0.1) is 5.41 Å². The number of benzene rings is 1. The fourth-order valence-electron chi connectivity index (χ4n) is 1.28. The number of rotatable bonds is 0. The van der Waals surface area contributed by atoms with Crippen LogP contribution in [0.2, 0.25) is 0 Å². The normalized spacial score (nSPS) is 24.4. The molecule has 0 aliphatic carbocycles. The van der Waals surface area contributed by atoms with Gasteiger partial charge in [0.2, 0.25) is 5.69 Å². The summed E-state index contributed by atoms with van der Waals surface area (Å²) in [6.07, 6.45) is 1.50. The van der Waals surface area contributed by atoms with Crippen LogP contribution < -0.4 is 10.5 Å². The van der Waals surface area contributed by atoms with Gasteiger partial charge in [0.15, 0.2) is 0 Å². The lowest BCUT2D eigenvalue weighted by atomic mass is 10.2. The lowest BCUT2D eigenvalue weighted by Gasteiger charge is -2.15. The van der Waals surface area contributed by atoms with Gasteiger partial charge in [0, 0.05) is 10.8 Å². The molecule has 0 aromatic heterocycles. The summed E-state index contributed by atoms with van der Waals surface area (Å²) in [5, 5.41) is 20.8. The van der Waals surface area contributed by atoms with Crippen LogP contribution in [0.4, 0.5) is 5.69 Å². The summed E-state index contributed by atoms with van der Waals surface area (Å²) in [5.41, 5.74) is 6.53. The molecule has 4 N–H and O–H groups in total. The highest BCUT2D eigenvalue weighted by Gasteiger charge is 2.40. The van der Waals surface area contributed by atoms with E-state index in [1.807, 2.05) is 6.07 Å². The van der Waals surface area contributed by atoms with Gasteiger partial charge in [-0.25, -0.2) is 5.41 Å². The predicted molar refractivity (Wildman–Crippen MR) is 49.5 cm³/mol. The molecule has 1 aromatic rings. The molecule has 0 fully saturated rings. The van der Waals surface area contributed by atoms with Crippen LogP contribution in [0.15, 0.2) is 29.4 Å². The van der Waals surface area contributed by atoms with E-state index in [4.69, 9.17) is 11.1 Å². The number of nitrogens with two attached hydrogens (primary N) is 1. The first kappa shape index (κ1) is 7.90. The Labute approximate surface area is 74.8 Å². The Kier molecular flexibility index (Phi) is 1.45. The van der Waals surface area contributed by atoms with E-state index in [0.717, 1.165) is 5.56 Å². The summed E-state index contributed by atoms with van der Waals surface area (Å²) in [6.45, 7) is 0. The molecule has 2 rings (SSSR count). The zero-order chi connectivity index (χ0) is 9.47. The molecule has 0 radical (unpaired) electrons. The van der Waals surface area contributed by atoms with E-state index in [1.165, 1.54) is 6.21 Å². The molecular formula is C8H9N4O+. The van der Waals surface area contributed by atoms with Gasteiger partial charge in [-0.2, -0.15) is 5.21 Å². The van der Waals surface area contributed by atoms with Crippen molar-refractivity contribution < 1.29 is 5.21 Å². The van der Waals surface area contributed by atoms with Crippen molar-refractivity contribution in [1.82, 2.24) is 4.76 Å². The third-order valence-corrected chi connectivity index (χ3v) is 1.97. The molecular weight excluding hydrogens is 168 g/mol. The molecule has 1 aromatic carbocycles. The Bertz CT molecular complexity index is 401. The Morgan fingerprint density at radius 1 is 1.46 bits per heavy atom. The molecule has 0 spiro atoms. The molecule has 13 heavy (non-hydrogen) atoms. The predicted octanol–water partition coefficient (Wildman–Crippen LogP) is 0.624. The molecule has 1 unspecified atom stereocenters. The standard InChI is InChI=1S/C8H9N4O/c9-8(10)12(13)7-4-2-1-3-6(7)5-11-12/h1-5,13H,(H3,9,10)/q+1. The van der Waals surface area contributed by atoms with Crippen molar-refractivity contribution >= 4 is 17.9 Å². The van der Waals surface area contributed by atoms with Gasteiger partial charge in [-0.1, -0.05) is 12.1 Å². The minimum absolute atomic E-state index is 0.416. The molecule has 5 nitrogen and oxygen atoms in total. The van der Waals surface area contributed by atoms with Crippen molar-refractivity contribution in [2.24, 2.45) is 10.8 Å². The third kappa shape index (κ3) is 0.947. The highest BCUT2D eigenvalue weighted by molar-refractivity contribution is 5.98. The van der Waals surface area contributed by atoms with Crippen LogP contribution in [-0.4, -0.2) is 17.4 Å². The topological polar surface area (TPSA) is 82.5 Å². The minimum atomic E-state index is -0.962. The Morgan fingerprint density at radius 3 is 2.85 bits per heavy atom. The van der Waals surface area contributed by atoms with Crippen molar-refractivity contribution in [1.29, 1.82) is 5.41 Å². The molecule has 0 saturated carbocycles. The van der Waals surface area contributed by atoms with E-state index in [1.54, 1.807) is 18.2 Å². The summed E-state index contributed by atoms with van der Waals surface area (Å²) >= 11 is 0. The maximum absolute atomic E-state index is 9.81. The van der Waals surface area contributed by atoms with E-state index in [0.29, 0.717) is 5.69 Å². The van der Waals surface area contributed by atoms with Crippen LogP contribution in [0.1, 0.15) is 5.56 Å². The van der Waals surface area contributed by atoms with Crippen molar-refractivity contribution in [3.05, 3.63) is 29.8 Å². The van der Waals surface area contributed by atoms with Crippen molar-refractivity contribution in [2.75, 3.05) is 0 Å². The zero-order valence-corrected chi connectivity index (χ0v) is 6.81. The molecule has 1 aliphatic heterocycles. The second kappa shape index (κ2) is 2.38. The van der Waals surface area contributed by atoms with Gasteiger partial charge in [0.25, 0.3) is 0 Å².